The smallest absolute Gasteiger partial charge is 0.391 e. The van der Waals surface area contributed by atoms with Gasteiger partial charge < -0.3 is 16.2 Å². The first kappa shape index (κ1) is 21.8. The van der Waals surface area contributed by atoms with E-state index in [1.807, 2.05) is 5.32 Å². The molecule has 0 saturated heterocycles. The first-order valence-electron chi connectivity index (χ1n) is 8.58. The Bertz CT molecular complexity index is 814. The van der Waals surface area contributed by atoms with E-state index in [4.69, 9.17) is 5.73 Å². The predicted molar refractivity (Wildman–Crippen MR) is 95.0 cm³/mol. The molecule has 0 radical (unpaired) electrons. The number of benzene rings is 1. The average Bonchev–Trinajstić information content (AvgIpc) is 2.63. The van der Waals surface area contributed by atoms with E-state index in [-0.39, 0.29) is 24.1 Å². The minimum Gasteiger partial charge on any atom is -0.391 e. The number of aliphatic hydroxyl groups excluding tert-OH is 1. The number of alkyl halides is 3. The average molecular weight is 399 g/mol. The molecule has 9 heteroatoms. The van der Waals surface area contributed by atoms with Crippen LogP contribution in [0.1, 0.15) is 28.5 Å². The summed E-state index contributed by atoms with van der Waals surface area (Å²) in [5, 5.41) is 12.2. The monoisotopic (exact) mass is 399 g/mol. The van der Waals surface area contributed by atoms with Crippen molar-refractivity contribution < 1.29 is 27.5 Å². The van der Waals surface area contributed by atoms with E-state index in [2.05, 4.69) is 4.98 Å². The van der Waals surface area contributed by atoms with Crippen LogP contribution in [0.4, 0.5) is 17.6 Å². The standard InChI is InChI=1S/C19H21F4N3O2/c1-11(19(21,22)23)26-18(28)13-6-4-8-25-16(13)10-17(27)15(24)9-12-5-2-3-7-14(12)20/h2-8,11,15,17,27H,9-10,24H2,1H3,(H,26,28)/t11-,15+,17-/m0/s1. The first-order chi connectivity index (χ1) is 13.1. The molecule has 0 spiro atoms. The lowest BCUT2D eigenvalue weighted by Crippen LogP contribution is -2.43. The molecule has 28 heavy (non-hydrogen) atoms. The summed E-state index contributed by atoms with van der Waals surface area (Å²) in [7, 11) is 0. The van der Waals surface area contributed by atoms with Gasteiger partial charge >= 0.3 is 6.18 Å². The maximum atomic E-state index is 13.7. The van der Waals surface area contributed by atoms with Crippen LogP contribution in [0, 0.1) is 5.82 Å². The summed E-state index contributed by atoms with van der Waals surface area (Å²) in [6.07, 6.45) is -4.53. The van der Waals surface area contributed by atoms with E-state index in [9.17, 15) is 27.5 Å². The summed E-state index contributed by atoms with van der Waals surface area (Å²) in [6, 6.07) is 5.81. The zero-order valence-electron chi connectivity index (χ0n) is 15.1. The lowest BCUT2D eigenvalue weighted by Gasteiger charge is -2.21. The van der Waals surface area contributed by atoms with E-state index in [0.717, 1.165) is 6.92 Å². The second-order valence-corrected chi connectivity index (χ2v) is 6.47. The molecule has 0 bridgehead atoms. The molecule has 0 aliphatic carbocycles. The highest BCUT2D eigenvalue weighted by molar-refractivity contribution is 5.95. The van der Waals surface area contributed by atoms with E-state index < -0.39 is 36.1 Å². The SMILES string of the molecule is C[C@H](NC(=O)c1cccnc1C[C@H](O)[C@H](N)Cc1ccccc1F)C(F)(F)F. The largest absolute Gasteiger partial charge is 0.408 e. The van der Waals surface area contributed by atoms with Crippen LogP contribution in [-0.4, -0.2) is 40.4 Å². The van der Waals surface area contributed by atoms with Gasteiger partial charge in [0.15, 0.2) is 0 Å². The fraction of sp³-hybridized carbons (Fsp3) is 0.368. The number of rotatable bonds is 7. The van der Waals surface area contributed by atoms with Crippen LogP contribution in [0.3, 0.4) is 0 Å². The normalized spacial score (nSPS) is 15.0. The molecule has 1 aromatic carbocycles. The van der Waals surface area contributed by atoms with Gasteiger partial charge in [-0.1, -0.05) is 18.2 Å². The van der Waals surface area contributed by atoms with E-state index in [1.54, 1.807) is 12.1 Å². The second-order valence-electron chi connectivity index (χ2n) is 6.47. The highest BCUT2D eigenvalue weighted by Gasteiger charge is 2.37. The van der Waals surface area contributed by atoms with Crippen molar-refractivity contribution in [2.75, 3.05) is 0 Å². The number of nitrogens with zero attached hydrogens (tertiary/aromatic N) is 1. The molecular weight excluding hydrogens is 378 g/mol. The molecule has 0 aliphatic heterocycles. The second kappa shape index (κ2) is 9.11. The molecule has 0 saturated carbocycles. The highest BCUT2D eigenvalue weighted by Crippen LogP contribution is 2.20. The summed E-state index contributed by atoms with van der Waals surface area (Å²) in [6.45, 7) is 0.826. The van der Waals surface area contributed by atoms with E-state index >= 15 is 0 Å². The van der Waals surface area contributed by atoms with Crippen LogP contribution in [-0.2, 0) is 12.8 Å². The van der Waals surface area contributed by atoms with Gasteiger partial charge in [0.05, 0.1) is 17.4 Å². The number of carbonyl (C=O) groups excluding carboxylic acids is 1. The summed E-state index contributed by atoms with van der Waals surface area (Å²) in [4.78, 5) is 16.2. The Hall–Kier alpha value is -2.52. The lowest BCUT2D eigenvalue weighted by atomic mass is 9.97. The highest BCUT2D eigenvalue weighted by atomic mass is 19.4. The van der Waals surface area contributed by atoms with Gasteiger partial charge in [-0.25, -0.2) is 4.39 Å². The minimum absolute atomic E-state index is 0.0489. The van der Waals surface area contributed by atoms with Crippen LogP contribution in [0.25, 0.3) is 0 Å². The molecule has 4 N–H and O–H groups in total. The third kappa shape index (κ3) is 5.74. The molecule has 3 atom stereocenters. The van der Waals surface area contributed by atoms with Crippen LogP contribution in [0.2, 0.25) is 0 Å². The molecule has 1 amide bonds. The molecule has 2 rings (SSSR count). The Morgan fingerprint density at radius 3 is 2.54 bits per heavy atom. The third-order valence-corrected chi connectivity index (χ3v) is 4.28. The van der Waals surface area contributed by atoms with Gasteiger partial charge in [-0.05, 0) is 37.1 Å². The fourth-order valence-corrected chi connectivity index (χ4v) is 2.57. The van der Waals surface area contributed by atoms with Gasteiger partial charge in [-0.15, -0.1) is 0 Å². The van der Waals surface area contributed by atoms with Crippen LogP contribution >= 0.6 is 0 Å². The number of amides is 1. The zero-order valence-corrected chi connectivity index (χ0v) is 15.1. The third-order valence-electron chi connectivity index (χ3n) is 4.28. The molecule has 0 aliphatic rings. The molecule has 0 fully saturated rings. The predicted octanol–water partition coefficient (Wildman–Crippen LogP) is 2.37. The van der Waals surface area contributed by atoms with Crippen molar-refractivity contribution in [3.63, 3.8) is 0 Å². The van der Waals surface area contributed by atoms with Crippen molar-refractivity contribution in [1.82, 2.24) is 10.3 Å². The Balaban J connectivity index is 2.09. The van der Waals surface area contributed by atoms with Crippen molar-refractivity contribution in [2.45, 2.75) is 44.1 Å². The van der Waals surface area contributed by atoms with Gasteiger partial charge in [-0.3, -0.25) is 9.78 Å². The van der Waals surface area contributed by atoms with Crippen molar-refractivity contribution in [3.8, 4) is 0 Å². The van der Waals surface area contributed by atoms with Crippen molar-refractivity contribution in [1.29, 1.82) is 0 Å². The van der Waals surface area contributed by atoms with Crippen molar-refractivity contribution >= 4 is 5.91 Å². The first-order valence-corrected chi connectivity index (χ1v) is 8.58. The van der Waals surface area contributed by atoms with Crippen molar-refractivity contribution in [3.05, 3.63) is 65.2 Å². The molecule has 1 heterocycles. The molecule has 5 nitrogen and oxygen atoms in total. The van der Waals surface area contributed by atoms with E-state index in [0.29, 0.717) is 5.56 Å². The number of aromatic nitrogens is 1. The van der Waals surface area contributed by atoms with Gasteiger partial charge in [0.25, 0.3) is 5.91 Å². The lowest BCUT2D eigenvalue weighted by molar-refractivity contribution is -0.149. The maximum absolute atomic E-state index is 13.7. The number of nitrogens with two attached hydrogens (primary N) is 1. The molecular formula is C19H21F4N3O2. The fourth-order valence-electron chi connectivity index (χ4n) is 2.57. The maximum Gasteiger partial charge on any atom is 0.408 e. The van der Waals surface area contributed by atoms with Gasteiger partial charge in [0.1, 0.15) is 11.9 Å². The number of aliphatic hydroxyl groups is 1. The number of carbonyl (C=O) groups is 1. The molecule has 0 unspecified atom stereocenters. The topological polar surface area (TPSA) is 88.2 Å². The number of hydrogen-bond acceptors (Lipinski definition) is 4. The Kier molecular flexibility index (Phi) is 7.09. The van der Waals surface area contributed by atoms with Gasteiger partial charge in [-0.2, -0.15) is 13.2 Å². The number of nitrogens with one attached hydrogen (secondary N) is 1. The number of hydrogen-bond donors (Lipinski definition) is 3. The Morgan fingerprint density at radius 1 is 1.21 bits per heavy atom. The Morgan fingerprint density at radius 2 is 1.89 bits per heavy atom. The van der Waals surface area contributed by atoms with Gasteiger partial charge in [0.2, 0.25) is 0 Å². The minimum atomic E-state index is -4.58. The number of pyridine rings is 1. The Labute approximate surface area is 159 Å². The van der Waals surface area contributed by atoms with Gasteiger partial charge in [0, 0.05) is 18.7 Å². The van der Waals surface area contributed by atoms with E-state index in [1.165, 1.54) is 30.5 Å². The quantitative estimate of drug-likeness (QED) is 0.624. The summed E-state index contributed by atoms with van der Waals surface area (Å²) in [5.41, 5.74) is 6.28. The summed E-state index contributed by atoms with van der Waals surface area (Å²) < 4.78 is 51.7. The molecule has 1 aromatic heterocycles. The van der Waals surface area contributed by atoms with Crippen LogP contribution in [0.15, 0.2) is 42.6 Å². The molecule has 2 aromatic rings. The molecule has 152 valence electrons. The summed E-state index contributed by atoms with van der Waals surface area (Å²) >= 11 is 0. The number of halogens is 4. The van der Waals surface area contributed by atoms with Crippen molar-refractivity contribution in [2.24, 2.45) is 5.73 Å². The van der Waals surface area contributed by atoms with Crippen LogP contribution in [0.5, 0.6) is 0 Å². The summed E-state index contributed by atoms with van der Waals surface area (Å²) in [5.74, 6) is -1.41. The van der Waals surface area contributed by atoms with Crippen LogP contribution < -0.4 is 11.1 Å². The zero-order chi connectivity index (χ0) is 20.9.